The number of hydrogen-bond acceptors (Lipinski definition) is 5. The van der Waals surface area contributed by atoms with E-state index in [0.29, 0.717) is 6.04 Å². The molecule has 2 saturated carbocycles. The average molecular weight is 278 g/mol. The third-order valence-corrected chi connectivity index (χ3v) is 4.38. The van der Waals surface area contributed by atoms with E-state index in [1.165, 1.54) is 7.11 Å². The second-order valence-corrected chi connectivity index (χ2v) is 6.04. The second-order valence-electron chi connectivity index (χ2n) is 6.04. The number of carbonyl (C=O) groups excluding carboxylic acids is 1. The summed E-state index contributed by atoms with van der Waals surface area (Å²) >= 11 is 0. The van der Waals surface area contributed by atoms with Crippen LogP contribution in [0.4, 0.5) is 0 Å². The molecule has 0 aliphatic heterocycles. The van der Waals surface area contributed by atoms with E-state index in [1.807, 2.05) is 18.5 Å². The number of aryl methyl sites for hydroxylation is 2. The van der Waals surface area contributed by atoms with Gasteiger partial charge in [-0.1, -0.05) is 0 Å². The summed E-state index contributed by atoms with van der Waals surface area (Å²) in [6.07, 6.45) is 4.78. The number of methoxy groups -OCH3 is 1. The fourth-order valence-electron chi connectivity index (χ4n) is 3.30. The number of nitrogens with zero attached hydrogens (tertiary/aromatic N) is 3. The Hall–Kier alpha value is -1.43. The highest BCUT2D eigenvalue weighted by Gasteiger charge is 2.49. The first-order chi connectivity index (χ1) is 9.54. The van der Waals surface area contributed by atoms with E-state index in [1.54, 1.807) is 0 Å². The van der Waals surface area contributed by atoms with Crippen molar-refractivity contribution in [1.29, 1.82) is 0 Å². The van der Waals surface area contributed by atoms with Crippen LogP contribution in [-0.4, -0.2) is 39.4 Å². The predicted octanol–water partition coefficient (Wildman–Crippen LogP) is 1.28. The first-order valence-corrected chi connectivity index (χ1v) is 7.30. The first-order valence-electron chi connectivity index (χ1n) is 7.30. The van der Waals surface area contributed by atoms with Crippen LogP contribution in [0.2, 0.25) is 0 Å². The molecule has 3 rings (SSSR count). The molecule has 1 N–H and O–H groups in total. The van der Waals surface area contributed by atoms with Crippen molar-refractivity contribution in [3.05, 3.63) is 11.6 Å². The van der Waals surface area contributed by atoms with Crippen LogP contribution in [0.15, 0.2) is 0 Å². The molecule has 1 aromatic heterocycles. The molecule has 0 bridgehead atoms. The van der Waals surface area contributed by atoms with Gasteiger partial charge in [0.05, 0.1) is 13.2 Å². The number of rotatable bonds is 4. The maximum Gasteiger partial charge on any atom is 0.326 e. The van der Waals surface area contributed by atoms with Gasteiger partial charge in [0, 0.05) is 6.04 Å². The maximum atomic E-state index is 12.2. The molecule has 2 fully saturated rings. The Balaban J connectivity index is 1.81. The summed E-state index contributed by atoms with van der Waals surface area (Å²) in [6.45, 7) is 3.86. The van der Waals surface area contributed by atoms with Crippen molar-refractivity contribution in [3.8, 4) is 0 Å². The van der Waals surface area contributed by atoms with Gasteiger partial charge in [0.25, 0.3) is 0 Å². The van der Waals surface area contributed by atoms with E-state index in [2.05, 4.69) is 15.4 Å². The van der Waals surface area contributed by atoms with Gasteiger partial charge < -0.3 is 4.74 Å². The molecule has 2 atom stereocenters. The molecule has 2 aliphatic rings. The van der Waals surface area contributed by atoms with Crippen molar-refractivity contribution in [2.24, 2.45) is 0 Å². The van der Waals surface area contributed by atoms with Crippen LogP contribution >= 0.6 is 0 Å². The average Bonchev–Trinajstić information content (AvgIpc) is 3.01. The van der Waals surface area contributed by atoms with Crippen LogP contribution in [0.25, 0.3) is 0 Å². The molecule has 0 saturated heterocycles. The van der Waals surface area contributed by atoms with Crippen LogP contribution in [0, 0.1) is 13.8 Å². The van der Waals surface area contributed by atoms with E-state index in [0.717, 1.165) is 43.8 Å². The normalized spacial score (nSPS) is 29.6. The molecule has 1 heterocycles. The number of carbonyl (C=O) groups is 1. The second kappa shape index (κ2) is 4.84. The largest absolute Gasteiger partial charge is 0.468 e. The highest BCUT2D eigenvalue weighted by atomic mass is 16.5. The Kier molecular flexibility index (Phi) is 3.28. The molecule has 2 unspecified atom stereocenters. The van der Waals surface area contributed by atoms with E-state index in [4.69, 9.17) is 4.74 Å². The van der Waals surface area contributed by atoms with Gasteiger partial charge >= 0.3 is 5.97 Å². The Labute approximate surface area is 118 Å². The zero-order chi connectivity index (χ0) is 14.3. The van der Waals surface area contributed by atoms with Gasteiger partial charge in [0.15, 0.2) is 0 Å². The lowest BCUT2D eigenvalue weighted by atomic mass is 9.97. The molecule has 0 radical (unpaired) electrons. The number of nitrogens with one attached hydrogen (secondary N) is 1. The van der Waals surface area contributed by atoms with E-state index >= 15 is 0 Å². The molecular formula is C14H22N4O2. The van der Waals surface area contributed by atoms with Crippen molar-refractivity contribution >= 4 is 5.97 Å². The maximum absolute atomic E-state index is 12.2. The highest BCUT2D eigenvalue weighted by Crippen LogP contribution is 2.40. The van der Waals surface area contributed by atoms with E-state index in [9.17, 15) is 4.79 Å². The zero-order valence-corrected chi connectivity index (χ0v) is 12.3. The fraction of sp³-hybridized carbons (Fsp3) is 0.786. The summed E-state index contributed by atoms with van der Waals surface area (Å²) in [5.41, 5.74) is -0.535. The van der Waals surface area contributed by atoms with Crippen LogP contribution in [0.5, 0.6) is 0 Å². The lowest BCUT2D eigenvalue weighted by Gasteiger charge is -2.28. The summed E-state index contributed by atoms with van der Waals surface area (Å²) in [5.74, 6) is 1.56. The SMILES string of the molecule is COC(=O)C1(NC2CC2)CCC(n2nc(C)nc2C)C1. The summed E-state index contributed by atoms with van der Waals surface area (Å²) in [4.78, 5) is 16.6. The van der Waals surface area contributed by atoms with Crippen LogP contribution in [-0.2, 0) is 9.53 Å². The van der Waals surface area contributed by atoms with Gasteiger partial charge in [0.2, 0.25) is 0 Å². The third kappa shape index (κ3) is 2.32. The smallest absolute Gasteiger partial charge is 0.326 e. The minimum Gasteiger partial charge on any atom is -0.468 e. The van der Waals surface area contributed by atoms with Gasteiger partial charge in [-0.3, -0.25) is 10.1 Å². The minimum absolute atomic E-state index is 0.138. The van der Waals surface area contributed by atoms with Gasteiger partial charge in [-0.15, -0.1) is 0 Å². The zero-order valence-electron chi connectivity index (χ0n) is 12.3. The number of hydrogen-bond donors (Lipinski definition) is 1. The molecule has 20 heavy (non-hydrogen) atoms. The molecule has 0 aromatic carbocycles. The Bertz CT molecular complexity index is 523. The van der Waals surface area contributed by atoms with E-state index < -0.39 is 5.54 Å². The predicted molar refractivity (Wildman–Crippen MR) is 73.3 cm³/mol. The third-order valence-electron chi connectivity index (χ3n) is 4.38. The van der Waals surface area contributed by atoms with Crippen molar-refractivity contribution in [1.82, 2.24) is 20.1 Å². The summed E-state index contributed by atoms with van der Waals surface area (Å²) in [7, 11) is 1.47. The summed E-state index contributed by atoms with van der Waals surface area (Å²) < 4.78 is 7.01. The van der Waals surface area contributed by atoms with Gasteiger partial charge in [0.1, 0.15) is 17.2 Å². The molecular weight excluding hydrogens is 256 g/mol. The minimum atomic E-state index is -0.535. The number of ether oxygens (including phenoxy) is 1. The Morgan fingerprint density at radius 2 is 2.15 bits per heavy atom. The highest BCUT2D eigenvalue weighted by molar-refractivity contribution is 5.81. The van der Waals surface area contributed by atoms with E-state index in [-0.39, 0.29) is 12.0 Å². The van der Waals surface area contributed by atoms with Crippen molar-refractivity contribution in [3.63, 3.8) is 0 Å². The first kappa shape index (κ1) is 13.5. The summed E-state index contributed by atoms with van der Waals surface area (Å²) in [5, 5.41) is 7.97. The van der Waals surface area contributed by atoms with Gasteiger partial charge in [-0.2, -0.15) is 5.10 Å². The molecule has 6 nitrogen and oxygen atoms in total. The van der Waals surface area contributed by atoms with Crippen LogP contribution in [0.3, 0.4) is 0 Å². The fourth-order valence-corrected chi connectivity index (χ4v) is 3.30. The standard InChI is InChI=1S/C14H22N4O2/c1-9-15-10(2)18(17-9)12-6-7-14(8-12,13(19)20-3)16-11-4-5-11/h11-12,16H,4-8H2,1-3H3. The van der Waals surface area contributed by atoms with Crippen molar-refractivity contribution in [2.75, 3.05) is 7.11 Å². The van der Waals surface area contributed by atoms with Crippen LogP contribution in [0.1, 0.15) is 49.8 Å². The quantitative estimate of drug-likeness (QED) is 0.840. The van der Waals surface area contributed by atoms with Crippen molar-refractivity contribution < 1.29 is 9.53 Å². The molecule has 1 aromatic rings. The molecule has 6 heteroatoms. The number of aromatic nitrogens is 3. The lowest BCUT2D eigenvalue weighted by molar-refractivity contribution is -0.148. The number of esters is 1. The summed E-state index contributed by atoms with van der Waals surface area (Å²) in [6, 6.07) is 0.702. The molecule has 110 valence electrons. The molecule has 0 amide bonds. The topological polar surface area (TPSA) is 69.0 Å². The molecule has 2 aliphatic carbocycles. The van der Waals surface area contributed by atoms with Crippen molar-refractivity contribution in [2.45, 2.75) is 63.6 Å². The monoisotopic (exact) mass is 278 g/mol. The Morgan fingerprint density at radius 1 is 1.40 bits per heavy atom. The molecule has 0 spiro atoms. The lowest BCUT2D eigenvalue weighted by Crippen LogP contribution is -2.52. The van der Waals surface area contributed by atoms with Gasteiger partial charge in [-0.25, -0.2) is 9.67 Å². The van der Waals surface area contributed by atoms with Crippen LogP contribution < -0.4 is 5.32 Å². The van der Waals surface area contributed by atoms with Gasteiger partial charge in [-0.05, 0) is 46.0 Å². The Morgan fingerprint density at radius 3 is 2.70 bits per heavy atom.